The first kappa shape index (κ1) is 15.3. The normalized spacial score (nSPS) is 38.1. The lowest BCUT2D eigenvalue weighted by Crippen LogP contribution is -2.54. The summed E-state index contributed by atoms with van der Waals surface area (Å²) in [5, 5.41) is 0. The molecule has 3 fully saturated rings. The van der Waals surface area contributed by atoms with Gasteiger partial charge >= 0.3 is 0 Å². The van der Waals surface area contributed by atoms with E-state index in [2.05, 4.69) is 18.7 Å². The molecule has 0 aromatic rings. The van der Waals surface area contributed by atoms with Crippen molar-refractivity contribution < 1.29 is 9.53 Å². The summed E-state index contributed by atoms with van der Waals surface area (Å²) in [5.74, 6) is 1.16. The molecule has 3 aliphatic rings. The van der Waals surface area contributed by atoms with Gasteiger partial charge in [-0.15, -0.1) is 0 Å². The van der Waals surface area contributed by atoms with Gasteiger partial charge in [-0.05, 0) is 52.0 Å². The Labute approximate surface area is 128 Å². The van der Waals surface area contributed by atoms with Gasteiger partial charge in [-0.3, -0.25) is 9.69 Å². The van der Waals surface area contributed by atoms with Crippen molar-refractivity contribution in [2.24, 2.45) is 5.92 Å². The van der Waals surface area contributed by atoms with Gasteiger partial charge in [-0.25, -0.2) is 0 Å². The average molecular weight is 294 g/mol. The van der Waals surface area contributed by atoms with Crippen molar-refractivity contribution in [3.8, 4) is 0 Å². The van der Waals surface area contributed by atoms with Crippen LogP contribution in [-0.2, 0) is 9.53 Å². The largest absolute Gasteiger partial charge is 0.372 e. The zero-order valence-corrected chi connectivity index (χ0v) is 13.6. The highest BCUT2D eigenvalue weighted by atomic mass is 16.5. The number of rotatable bonds is 2. The molecule has 2 heterocycles. The van der Waals surface area contributed by atoms with Gasteiger partial charge in [0.15, 0.2) is 0 Å². The van der Waals surface area contributed by atoms with Gasteiger partial charge in [0.05, 0.1) is 18.8 Å². The maximum absolute atomic E-state index is 12.7. The molecule has 1 saturated carbocycles. The first-order chi connectivity index (χ1) is 10.1. The molecule has 1 amide bonds. The minimum absolute atomic E-state index is 0.168. The molecule has 0 radical (unpaired) electrons. The predicted molar refractivity (Wildman–Crippen MR) is 83.1 cm³/mol. The van der Waals surface area contributed by atoms with E-state index in [-0.39, 0.29) is 12.2 Å². The number of hydrogen-bond donors (Lipinski definition) is 0. The van der Waals surface area contributed by atoms with Crippen molar-refractivity contribution in [3.63, 3.8) is 0 Å². The van der Waals surface area contributed by atoms with E-state index in [0.717, 1.165) is 25.6 Å². The molecular formula is C17H30N2O2. The van der Waals surface area contributed by atoms with Gasteiger partial charge in [0, 0.05) is 19.1 Å². The molecule has 0 aromatic carbocycles. The summed E-state index contributed by atoms with van der Waals surface area (Å²) in [4.78, 5) is 17.2. The van der Waals surface area contributed by atoms with E-state index in [1.54, 1.807) is 0 Å². The van der Waals surface area contributed by atoms with E-state index in [4.69, 9.17) is 4.74 Å². The minimum atomic E-state index is 0.168. The molecule has 2 aliphatic heterocycles. The molecule has 4 heteroatoms. The van der Waals surface area contributed by atoms with Gasteiger partial charge in [-0.1, -0.05) is 12.8 Å². The van der Waals surface area contributed by atoms with E-state index in [9.17, 15) is 4.79 Å². The molecule has 4 unspecified atom stereocenters. The van der Waals surface area contributed by atoms with Crippen LogP contribution in [0.15, 0.2) is 0 Å². The van der Waals surface area contributed by atoms with Gasteiger partial charge in [0.1, 0.15) is 0 Å². The molecule has 21 heavy (non-hydrogen) atoms. The lowest BCUT2D eigenvalue weighted by Gasteiger charge is -2.45. The van der Waals surface area contributed by atoms with Crippen molar-refractivity contribution in [3.05, 3.63) is 0 Å². The van der Waals surface area contributed by atoms with Crippen LogP contribution >= 0.6 is 0 Å². The third kappa shape index (κ3) is 3.59. The van der Waals surface area contributed by atoms with Crippen LogP contribution in [0.4, 0.5) is 0 Å². The maximum atomic E-state index is 12.7. The van der Waals surface area contributed by atoms with Crippen LogP contribution in [0.1, 0.15) is 52.4 Å². The number of likely N-dealkylation sites (tertiary alicyclic amines) is 1. The Balaban J connectivity index is 1.58. The molecule has 0 spiro atoms. The van der Waals surface area contributed by atoms with Gasteiger partial charge in [0.25, 0.3) is 0 Å². The molecular weight excluding hydrogens is 264 g/mol. The fourth-order valence-electron chi connectivity index (χ4n) is 4.58. The Kier molecular flexibility index (Phi) is 4.85. The fourth-order valence-corrected chi connectivity index (χ4v) is 4.58. The number of fused-ring (bicyclic) bond motifs is 1. The highest BCUT2D eigenvalue weighted by molar-refractivity contribution is 5.78. The van der Waals surface area contributed by atoms with E-state index in [0.29, 0.717) is 18.5 Å². The topological polar surface area (TPSA) is 32.8 Å². The molecule has 2 saturated heterocycles. The Hall–Kier alpha value is -0.610. The van der Waals surface area contributed by atoms with Gasteiger partial charge < -0.3 is 9.64 Å². The molecule has 4 atom stereocenters. The molecule has 0 bridgehead atoms. The Morgan fingerprint density at radius 1 is 1.05 bits per heavy atom. The van der Waals surface area contributed by atoms with Crippen molar-refractivity contribution in [2.45, 2.75) is 70.6 Å². The standard InChI is InChI=1S/C17H30N2O2/c1-13-10-19(11-14(2)21-13)17(20)12-18-9-5-7-15-6-3-4-8-16(15)18/h13-16H,3-12H2,1-2H3. The number of morpholine rings is 1. The summed E-state index contributed by atoms with van der Waals surface area (Å²) in [6.07, 6.45) is 8.39. The molecule has 0 N–H and O–H groups in total. The number of hydrogen-bond acceptors (Lipinski definition) is 3. The number of amides is 1. The second kappa shape index (κ2) is 6.66. The summed E-state index contributed by atoms with van der Waals surface area (Å²) < 4.78 is 5.73. The number of carbonyl (C=O) groups is 1. The summed E-state index contributed by atoms with van der Waals surface area (Å²) >= 11 is 0. The second-order valence-electron chi connectivity index (χ2n) is 7.28. The molecule has 3 rings (SSSR count). The highest BCUT2D eigenvalue weighted by Gasteiger charge is 2.35. The van der Waals surface area contributed by atoms with E-state index >= 15 is 0 Å². The summed E-state index contributed by atoms with van der Waals surface area (Å²) in [6, 6.07) is 0.673. The summed E-state index contributed by atoms with van der Waals surface area (Å²) in [5.41, 5.74) is 0. The molecule has 120 valence electrons. The Morgan fingerprint density at radius 3 is 2.48 bits per heavy atom. The third-order valence-electron chi connectivity index (χ3n) is 5.47. The summed E-state index contributed by atoms with van der Waals surface area (Å²) in [6.45, 7) is 7.38. The van der Waals surface area contributed by atoms with Crippen LogP contribution in [0.25, 0.3) is 0 Å². The van der Waals surface area contributed by atoms with Crippen LogP contribution in [0.3, 0.4) is 0 Å². The lowest BCUT2D eigenvalue weighted by molar-refractivity contribution is -0.145. The third-order valence-corrected chi connectivity index (χ3v) is 5.47. The van der Waals surface area contributed by atoms with E-state index in [1.165, 1.54) is 38.5 Å². The van der Waals surface area contributed by atoms with Gasteiger partial charge in [0.2, 0.25) is 5.91 Å². The smallest absolute Gasteiger partial charge is 0.236 e. The number of piperidine rings is 1. The SMILES string of the molecule is CC1CN(C(=O)CN2CCCC3CCCCC32)CC(C)O1. The van der Waals surface area contributed by atoms with Crippen LogP contribution in [0.2, 0.25) is 0 Å². The van der Waals surface area contributed by atoms with Crippen LogP contribution in [-0.4, -0.2) is 60.1 Å². The molecule has 1 aliphatic carbocycles. The van der Waals surface area contributed by atoms with Crippen LogP contribution < -0.4 is 0 Å². The van der Waals surface area contributed by atoms with Crippen molar-refractivity contribution in [2.75, 3.05) is 26.2 Å². The predicted octanol–water partition coefficient (Wildman–Crippen LogP) is 2.28. The second-order valence-corrected chi connectivity index (χ2v) is 7.28. The van der Waals surface area contributed by atoms with E-state index < -0.39 is 0 Å². The number of ether oxygens (including phenoxy) is 1. The monoisotopic (exact) mass is 294 g/mol. The first-order valence-corrected chi connectivity index (χ1v) is 8.81. The van der Waals surface area contributed by atoms with Crippen LogP contribution in [0.5, 0.6) is 0 Å². The minimum Gasteiger partial charge on any atom is -0.372 e. The van der Waals surface area contributed by atoms with Crippen molar-refractivity contribution in [1.29, 1.82) is 0 Å². The van der Waals surface area contributed by atoms with Gasteiger partial charge in [-0.2, -0.15) is 0 Å². The molecule has 0 aromatic heterocycles. The fraction of sp³-hybridized carbons (Fsp3) is 0.941. The van der Waals surface area contributed by atoms with E-state index in [1.807, 2.05) is 4.90 Å². The average Bonchev–Trinajstić information content (AvgIpc) is 2.46. The Morgan fingerprint density at radius 2 is 1.71 bits per heavy atom. The number of carbonyl (C=O) groups excluding carboxylic acids is 1. The van der Waals surface area contributed by atoms with Crippen LogP contribution in [0, 0.1) is 5.92 Å². The zero-order valence-electron chi connectivity index (χ0n) is 13.6. The maximum Gasteiger partial charge on any atom is 0.236 e. The zero-order chi connectivity index (χ0) is 14.8. The Bertz CT molecular complexity index is 362. The van der Waals surface area contributed by atoms with Crippen molar-refractivity contribution in [1.82, 2.24) is 9.80 Å². The molecule has 4 nitrogen and oxygen atoms in total. The summed E-state index contributed by atoms with van der Waals surface area (Å²) in [7, 11) is 0. The van der Waals surface area contributed by atoms with Crippen molar-refractivity contribution >= 4 is 5.91 Å². The lowest BCUT2D eigenvalue weighted by atomic mass is 9.78. The first-order valence-electron chi connectivity index (χ1n) is 8.81. The highest BCUT2D eigenvalue weighted by Crippen LogP contribution is 2.35. The quantitative estimate of drug-likeness (QED) is 0.783. The number of nitrogens with zero attached hydrogens (tertiary/aromatic N) is 2.